The van der Waals surface area contributed by atoms with Crippen molar-refractivity contribution < 1.29 is 28.6 Å². The maximum atomic E-state index is 12.4. The van der Waals surface area contributed by atoms with E-state index in [9.17, 15) is 9.90 Å². The lowest BCUT2D eigenvalue weighted by Crippen LogP contribution is -2.30. The zero-order chi connectivity index (χ0) is 25.2. The van der Waals surface area contributed by atoms with Gasteiger partial charge in [-0.2, -0.15) is 4.98 Å². The normalized spacial score (nSPS) is 18.6. The number of hydrogen-bond acceptors (Lipinski definition) is 8. The van der Waals surface area contributed by atoms with Gasteiger partial charge in [0.1, 0.15) is 6.61 Å². The Morgan fingerprint density at radius 3 is 2.81 bits per heavy atom. The van der Waals surface area contributed by atoms with Gasteiger partial charge in [0.25, 0.3) is 5.89 Å². The summed E-state index contributed by atoms with van der Waals surface area (Å²) < 4.78 is 22.5. The first-order valence-corrected chi connectivity index (χ1v) is 12.3. The maximum absolute atomic E-state index is 12.4. The van der Waals surface area contributed by atoms with Crippen LogP contribution in [0.1, 0.15) is 37.4 Å². The molecule has 0 radical (unpaired) electrons. The summed E-state index contributed by atoms with van der Waals surface area (Å²) in [6.07, 6.45) is 1.26. The number of methoxy groups -OCH3 is 1. The molecule has 0 saturated carbocycles. The van der Waals surface area contributed by atoms with Crippen LogP contribution in [0.2, 0.25) is 0 Å². The fourth-order valence-corrected chi connectivity index (χ4v) is 5.21. The van der Waals surface area contributed by atoms with Crippen molar-refractivity contribution >= 4 is 5.91 Å². The summed E-state index contributed by atoms with van der Waals surface area (Å²) in [4.78, 5) is 18.9. The first-order chi connectivity index (χ1) is 17.5. The molecule has 0 bridgehead atoms. The van der Waals surface area contributed by atoms with Gasteiger partial charge in [-0.25, -0.2) is 0 Å². The number of benzene rings is 2. The second kappa shape index (κ2) is 10.3. The van der Waals surface area contributed by atoms with Crippen molar-refractivity contribution in [1.82, 2.24) is 15.0 Å². The van der Waals surface area contributed by atoms with Gasteiger partial charge in [-0.1, -0.05) is 23.4 Å². The van der Waals surface area contributed by atoms with E-state index in [0.717, 1.165) is 28.7 Å². The minimum absolute atomic E-state index is 0.00102. The summed E-state index contributed by atoms with van der Waals surface area (Å²) in [6, 6.07) is 11.6. The van der Waals surface area contributed by atoms with Gasteiger partial charge in [0.15, 0.2) is 11.5 Å². The number of ether oxygens (including phenoxy) is 3. The van der Waals surface area contributed by atoms with Crippen LogP contribution in [0.4, 0.5) is 0 Å². The minimum atomic E-state index is -0.0453. The fraction of sp³-hybridized carbons (Fsp3) is 0.444. The number of rotatable bonds is 10. The number of likely N-dealkylation sites (tertiary alicyclic amines) is 1. The molecule has 2 heterocycles. The second-order valence-corrected chi connectivity index (χ2v) is 9.39. The van der Waals surface area contributed by atoms with E-state index in [2.05, 4.69) is 11.2 Å². The van der Waals surface area contributed by atoms with Crippen LogP contribution in [0.25, 0.3) is 22.8 Å². The van der Waals surface area contributed by atoms with Crippen LogP contribution >= 0.6 is 0 Å². The quantitative estimate of drug-likeness (QED) is 0.427. The van der Waals surface area contributed by atoms with Crippen LogP contribution in [-0.4, -0.2) is 65.6 Å². The lowest BCUT2D eigenvalue weighted by atomic mass is 10.0. The molecule has 2 aromatic carbocycles. The summed E-state index contributed by atoms with van der Waals surface area (Å²) in [6.45, 7) is 5.07. The molecule has 1 N–H and O–H groups in total. The Morgan fingerprint density at radius 1 is 1.17 bits per heavy atom. The zero-order valence-corrected chi connectivity index (χ0v) is 20.8. The highest BCUT2D eigenvalue weighted by molar-refractivity contribution is 5.81. The summed E-state index contributed by atoms with van der Waals surface area (Å²) in [5.74, 6) is 2.41. The monoisotopic (exact) mass is 493 g/mol. The number of carbonyl (C=O) groups is 1. The highest BCUT2D eigenvalue weighted by atomic mass is 16.5. The van der Waals surface area contributed by atoms with E-state index < -0.39 is 0 Å². The van der Waals surface area contributed by atoms with Crippen molar-refractivity contribution in [3.63, 3.8) is 0 Å². The van der Waals surface area contributed by atoms with Crippen LogP contribution in [0.15, 0.2) is 40.9 Å². The Balaban J connectivity index is 1.44. The molecule has 1 aliphatic heterocycles. The largest absolute Gasteiger partial charge is 0.487 e. The second-order valence-electron chi connectivity index (χ2n) is 9.39. The van der Waals surface area contributed by atoms with Crippen molar-refractivity contribution in [3.8, 4) is 34.3 Å². The van der Waals surface area contributed by atoms with Crippen molar-refractivity contribution in [2.24, 2.45) is 5.92 Å². The molecule has 1 aromatic heterocycles. The van der Waals surface area contributed by atoms with E-state index in [1.165, 1.54) is 0 Å². The molecule has 1 saturated heterocycles. The number of fused-ring (bicyclic) bond motifs is 3. The van der Waals surface area contributed by atoms with Crippen LogP contribution < -0.4 is 9.47 Å². The molecule has 1 fully saturated rings. The number of nitrogens with zero attached hydrogens (tertiary/aromatic N) is 3. The molecule has 2 unspecified atom stereocenters. The van der Waals surface area contributed by atoms with E-state index in [4.69, 9.17) is 23.7 Å². The molecule has 2 atom stereocenters. The van der Waals surface area contributed by atoms with Gasteiger partial charge in [0.2, 0.25) is 11.7 Å². The van der Waals surface area contributed by atoms with Crippen LogP contribution in [-0.2, 0) is 16.0 Å². The van der Waals surface area contributed by atoms with E-state index in [1.54, 1.807) is 12.0 Å². The molecule has 9 nitrogen and oxygen atoms in total. The van der Waals surface area contributed by atoms with Crippen LogP contribution in [0.5, 0.6) is 11.5 Å². The van der Waals surface area contributed by atoms with Gasteiger partial charge < -0.3 is 28.7 Å². The van der Waals surface area contributed by atoms with E-state index in [0.29, 0.717) is 49.4 Å². The van der Waals surface area contributed by atoms with Gasteiger partial charge in [0.05, 0.1) is 25.4 Å². The summed E-state index contributed by atoms with van der Waals surface area (Å²) >= 11 is 0. The highest BCUT2D eigenvalue weighted by Crippen LogP contribution is 2.49. The Bertz CT molecular complexity index is 1240. The third-order valence-corrected chi connectivity index (χ3v) is 6.64. The zero-order valence-electron chi connectivity index (χ0n) is 20.8. The van der Waals surface area contributed by atoms with E-state index in [-0.39, 0.29) is 30.6 Å². The lowest BCUT2D eigenvalue weighted by molar-refractivity contribution is -0.129. The summed E-state index contributed by atoms with van der Waals surface area (Å²) in [7, 11) is 1.63. The molecule has 5 rings (SSSR count). The molecule has 2 aliphatic rings. The number of aliphatic hydroxyl groups excluding tert-OH is 1. The van der Waals surface area contributed by atoms with E-state index in [1.807, 2.05) is 44.2 Å². The molecular weight excluding hydrogens is 462 g/mol. The molecule has 1 amide bonds. The first-order valence-electron chi connectivity index (χ1n) is 12.3. The van der Waals surface area contributed by atoms with E-state index >= 15 is 0 Å². The Hall–Kier alpha value is -3.43. The Labute approximate surface area is 210 Å². The molecular formula is C27H31N3O6. The molecule has 190 valence electrons. The lowest BCUT2D eigenvalue weighted by Gasteiger charge is -2.24. The molecule has 1 aliphatic carbocycles. The van der Waals surface area contributed by atoms with Gasteiger partial charge in [0, 0.05) is 31.2 Å². The maximum Gasteiger partial charge on any atom is 0.258 e. The SMILES string of the molecule is COCCOc1cc(-c2nc(-c3cccc4c3CC3CC(=O)N(CCO)C43)no2)ccc1OC(C)C. The number of β-amino-alcohol motifs (C(OH)–C–C–N with tert-alkyl or cyclic N) is 1. The smallest absolute Gasteiger partial charge is 0.258 e. The third-order valence-electron chi connectivity index (χ3n) is 6.64. The fourth-order valence-electron chi connectivity index (χ4n) is 5.21. The van der Waals surface area contributed by atoms with Crippen molar-refractivity contribution in [2.75, 3.05) is 33.5 Å². The van der Waals surface area contributed by atoms with Gasteiger partial charge in [-0.05, 0) is 55.5 Å². The van der Waals surface area contributed by atoms with Crippen LogP contribution in [0, 0.1) is 5.92 Å². The third kappa shape index (κ3) is 4.56. The molecule has 3 aromatic rings. The molecule has 36 heavy (non-hydrogen) atoms. The topological polar surface area (TPSA) is 107 Å². The highest BCUT2D eigenvalue weighted by Gasteiger charge is 2.46. The standard InChI is InChI=1S/C27H31N3O6/c1-16(2)35-22-8-7-17(14-23(22)34-12-11-33-3)27-28-26(29-36-27)20-6-4-5-19-21(20)13-18-15-24(32)30(9-10-31)25(18)19/h4-8,14,16,18,25,31H,9-13,15H2,1-3H3. The van der Waals surface area contributed by atoms with Gasteiger partial charge >= 0.3 is 0 Å². The van der Waals surface area contributed by atoms with Gasteiger partial charge in [-0.15, -0.1) is 0 Å². The molecule has 0 spiro atoms. The van der Waals surface area contributed by atoms with Crippen molar-refractivity contribution in [1.29, 1.82) is 0 Å². The Morgan fingerprint density at radius 2 is 2.03 bits per heavy atom. The first kappa shape index (κ1) is 24.3. The number of aromatic nitrogens is 2. The molecule has 9 heteroatoms. The Kier molecular flexibility index (Phi) is 6.93. The van der Waals surface area contributed by atoms with Crippen LogP contribution in [0.3, 0.4) is 0 Å². The summed E-state index contributed by atoms with van der Waals surface area (Å²) in [5, 5.41) is 13.7. The number of hydrogen-bond donors (Lipinski definition) is 1. The number of amides is 1. The average Bonchev–Trinajstić information content (AvgIpc) is 3.55. The predicted octanol–water partition coefficient (Wildman–Crippen LogP) is 3.65. The predicted molar refractivity (Wildman–Crippen MR) is 132 cm³/mol. The number of carbonyl (C=O) groups excluding carboxylic acids is 1. The minimum Gasteiger partial charge on any atom is -0.487 e. The van der Waals surface area contributed by atoms with Crippen molar-refractivity contribution in [3.05, 3.63) is 47.5 Å². The average molecular weight is 494 g/mol. The number of aliphatic hydroxyl groups is 1. The van der Waals surface area contributed by atoms with Crippen molar-refractivity contribution in [2.45, 2.75) is 38.8 Å². The van der Waals surface area contributed by atoms with Gasteiger partial charge in [-0.3, -0.25) is 4.79 Å². The summed E-state index contributed by atoms with van der Waals surface area (Å²) in [5.41, 5.74) is 3.87.